The van der Waals surface area contributed by atoms with Crippen molar-refractivity contribution in [1.29, 1.82) is 0 Å². The van der Waals surface area contributed by atoms with Crippen LogP contribution in [-0.2, 0) is 0 Å². The van der Waals surface area contributed by atoms with Gasteiger partial charge in [0.25, 0.3) is 0 Å². The average molecular weight is 313 g/mol. The third-order valence-corrected chi connectivity index (χ3v) is 4.49. The Kier molecular flexibility index (Phi) is 4.30. The van der Waals surface area contributed by atoms with Crippen molar-refractivity contribution < 1.29 is 4.74 Å². The number of nitrogens with zero attached hydrogens (tertiary/aromatic N) is 1. The fourth-order valence-corrected chi connectivity index (χ4v) is 3.35. The Labute approximate surface area is 117 Å². The fourth-order valence-electron chi connectivity index (χ4n) is 2.83. The normalized spacial score (nSPS) is 24.5. The van der Waals surface area contributed by atoms with Gasteiger partial charge in [-0.15, -0.1) is 0 Å². The molecule has 0 aliphatic carbocycles. The molecule has 100 valence electrons. The topological polar surface area (TPSA) is 38.5 Å². The quantitative estimate of drug-likeness (QED) is 0.932. The highest BCUT2D eigenvalue weighted by atomic mass is 79.9. The predicted octanol–water partition coefficient (Wildman–Crippen LogP) is 2.72. The number of hydrogen-bond donors (Lipinski definition) is 1. The van der Waals surface area contributed by atoms with Crippen molar-refractivity contribution in [3.8, 4) is 5.75 Å². The summed E-state index contributed by atoms with van der Waals surface area (Å²) < 4.78 is 6.36. The molecule has 2 atom stereocenters. The molecule has 0 saturated carbocycles. The standard InChI is InChI=1S/C14H21BrN2O/c1-9-4-14(18-3)12(15)6-11(9)13-5-10(7-16)8-17(13)2/h4,6,10,13H,5,7-8,16H2,1-3H3. The maximum Gasteiger partial charge on any atom is 0.133 e. The minimum absolute atomic E-state index is 0.473. The van der Waals surface area contributed by atoms with E-state index in [1.807, 2.05) is 0 Å². The maximum atomic E-state index is 5.79. The number of aryl methyl sites for hydroxylation is 1. The third-order valence-electron chi connectivity index (χ3n) is 3.87. The number of ether oxygens (including phenoxy) is 1. The molecule has 0 spiro atoms. The van der Waals surface area contributed by atoms with Crippen molar-refractivity contribution in [3.63, 3.8) is 0 Å². The van der Waals surface area contributed by atoms with Gasteiger partial charge in [-0.25, -0.2) is 0 Å². The van der Waals surface area contributed by atoms with E-state index in [0.717, 1.165) is 29.7 Å². The highest BCUT2D eigenvalue weighted by Gasteiger charge is 2.30. The molecule has 1 aromatic carbocycles. The van der Waals surface area contributed by atoms with E-state index in [9.17, 15) is 0 Å². The van der Waals surface area contributed by atoms with Crippen LogP contribution < -0.4 is 10.5 Å². The summed E-state index contributed by atoms with van der Waals surface area (Å²) in [5, 5.41) is 0. The molecule has 4 heteroatoms. The van der Waals surface area contributed by atoms with Crippen molar-refractivity contribution in [2.75, 3.05) is 27.2 Å². The molecular weight excluding hydrogens is 292 g/mol. The van der Waals surface area contributed by atoms with Crippen LogP contribution in [-0.4, -0.2) is 32.1 Å². The summed E-state index contributed by atoms with van der Waals surface area (Å²) >= 11 is 3.57. The Morgan fingerprint density at radius 1 is 1.50 bits per heavy atom. The lowest BCUT2D eigenvalue weighted by molar-refractivity contribution is 0.312. The van der Waals surface area contributed by atoms with Crippen molar-refractivity contribution >= 4 is 15.9 Å². The van der Waals surface area contributed by atoms with E-state index < -0.39 is 0 Å². The molecule has 18 heavy (non-hydrogen) atoms. The highest BCUT2D eigenvalue weighted by Crippen LogP contribution is 2.38. The fraction of sp³-hybridized carbons (Fsp3) is 0.571. The summed E-state index contributed by atoms with van der Waals surface area (Å²) in [6.07, 6.45) is 1.15. The van der Waals surface area contributed by atoms with Gasteiger partial charge in [0.2, 0.25) is 0 Å². The van der Waals surface area contributed by atoms with Crippen LogP contribution in [0.5, 0.6) is 5.75 Å². The molecule has 2 rings (SSSR count). The molecule has 2 unspecified atom stereocenters. The molecular formula is C14H21BrN2O. The van der Waals surface area contributed by atoms with Crippen LogP contribution >= 0.6 is 15.9 Å². The van der Waals surface area contributed by atoms with Gasteiger partial charge in [0.15, 0.2) is 0 Å². The Morgan fingerprint density at radius 2 is 2.22 bits per heavy atom. The van der Waals surface area contributed by atoms with Gasteiger partial charge in [-0.3, -0.25) is 4.90 Å². The first kappa shape index (κ1) is 13.8. The molecule has 1 aliphatic heterocycles. The molecule has 1 aromatic rings. The monoisotopic (exact) mass is 312 g/mol. The zero-order chi connectivity index (χ0) is 13.3. The summed E-state index contributed by atoms with van der Waals surface area (Å²) in [7, 11) is 3.88. The van der Waals surface area contributed by atoms with Crippen molar-refractivity contribution in [3.05, 3.63) is 27.7 Å². The van der Waals surface area contributed by atoms with Crippen LogP contribution in [0.1, 0.15) is 23.6 Å². The van der Waals surface area contributed by atoms with Gasteiger partial charge in [0.05, 0.1) is 11.6 Å². The molecule has 1 heterocycles. The molecule has 0 aromatic heterocycles. The molecule has 0 amide bonds. The minimum atomic E-state index is 0.473. The van der Waals surface area contributed by atoms with Crippen LogP contribution in [0, 0.1) is 12.8 Å². The first-order valence-corrected chi connectivity index (χ1v) is 7.10. The summed E-state index contributed by atoms with van der Waals surface area (Å²) in [4.78, 5) is 2.40. The summed E-state index contributed by atoms with van der Waals surface area (Å²) in [5.74, 6) is 1.51. The Morgan fingerprint density at radius 3 is 2.78 bits per heavy atom. The van der Waals surface area contributed by atoms with E-state index in [-0.39, 0.29) is 0 Å². The Hall–Kier alpha value is -0.580. The molecule has 0 bridgehead atoms. The van der Waals surface area contributed by atoms with E-state index in [4.69, 9.17) is 10.5 Å². The van der Waals surface area contributed by atoms with Crippen molar-refractivity contribution in [1.82, 2.24) is 4.90 Å². The molecule has 3 nitrogen and oxygen atoms in total. The van der Waals surface area contributed by atoms with Crippen LogP contribution in [0.2, 0.25) is 0 Å². The molecule has 1 fully saturated rings. The van der Waals surface area contributed by atoms with Crippen LogP contribution in [0.3, 0.4) is 0 Å². The van der Waals surface area contributed by atoms with E-state index >= 15 is 0 Å². The average Bonchev–Trinajstić information content (AvgIpc) is 2.73. The summed E-state index contributed by atoms with van der Waals surface area (Å²) in [6, 6.07) is 4.76. The number of nitrogens with two attached hydrogens (primary N) is 1. The highest BCUT2D eigenvalue weighted by molar-refractivity contribution is 9.10. The molecule has 2 N–H and O–H groups in total. The van der Waals surface area contributed by atoms with E-state index in [2.05, 4.69) is 46.9 Å². The summed E-state index contributed by atoms with van der Waals surface area (Å²) in [5.41, 5.74) is 8.45. The van der Waals surface area contributed by atoms with Gasteiger partial charge in [-0.05, 0) is 72.0 Å². The second-order valence-electron chi connectivity index (χ2n) is 5.14. The number of benzene rings is 1. The van der Waals surface area contributed by atoms with Gasteiger partial charge < -0.3 is 10.5 Å². The largest absolute Gasteiger partial charge is 0.496 e. The second kappa shape index (κ2) is 5.59. The van der Waals surface area contributed by atoms with E-state index in [0.29, 0.717) is 12.0 Å². The lowest BCUT2D eigenvalue weighted by Gasteiger charge is -2.22. The van der Waals surface area contributed by atoms with Gasteiger partial charge in [-0.2, -0.15) is 0 Å². The zero-order valence-corrected chi connectivity index (χ0v) is 12.8. The van der Waals surface area contributed by atoms with Gasteiger partial charge >= 0.3 is 0 Å². The minimum Gasteiger partial charge on any atom is -0.496 e. The predicted molar refractivity (Wildman–Crippen MR) is 78.0 cm³/mol. The molecule has 1 saturated heterocycles. The molecule has 1 aliphatic rings. The first-order valence-electron chi connectivity index (χ1n) is 6.31. The lowest BCUT2D eigenvalue weighted by Crippen LogP contribution is -2.21. The van der Waals surface area contributed by atoms with Gasteiger partial charge in [-0.1, -0.05) is 0 Å². The number of rotatable bonds is 3. The second-order valence-corrected chi connectivity index (χ2v) is 5.99. The van der Waals surface area contributed by atoms with Crippen LogP contribution in [0.4, 0.5) is 0 Å². The van der Waals surface area contributed by atoms with Crippen LogP contribution in [0.15, 0.2) is 16.6 Å². The zero-order valence-electron chi connectivity index (χ0n) is 11.2. The number of hydrogen-bond acceptors (Lipinski definition) is 3. The van der Waals surface area contributed by atoms with E-state index in [1.165, 1.54) is 11.1 Å². The van der Waals surface area contributed by atoms with Gasteiger partial charge in [0.1, 0.15) is 5.75 Å². The van der Waals surface area contributed by atoms with Crippen molar-refractivity contribution in [2.24, 2.45) is 11.7 Å². The summed E-state index contributed by atoms with van der Waals surface area (Å²) in [6.45, 7) is 4.01. The number of methoxy groups -OCH3 is 1. The molecule has 0 radical (unpaired) electrons. The Bertz CT molecular complexity index is 436. The van der Waals surface area contributed by atoms with Crippen molar-refractivity contribution in [2.45, 2.75) is 19.4 Å². The Balaban J connectivity index is 2.31. The third kappa shape index (κ3) is 2.56. The number of halogens is 1. The smallest absolute Gasteiger partial charge is 0.133 e. The van der Waals surface area contributed by atoms with Gasteiger partial charge in [0, 0.05) is 12.6 Å². The SMILES string of the molecule is COc1cc(C)c(C2CC(CN)CN2C)cc1Br. The van der Waals surface area contributed by atoms with E-state index in [1.54, 1.807) is 7.11 Å². The lowest BCUT2D eigenvalue weighted by atomic mass is 9.96. The van der Waals surface area contributed by atoms with Crippen LogP contribution in [0.25, 0.3) is 0 Å². The number of likely N-dealkylation sites (tertiary alicyclic amines) is 1. The maximum absolute atomic E-state index is 5.79. The first-order chi connectivity index (χ1) is 8.56.